The molecular formula is C19H20ClN7O. The van der Waals surface area contributed by atoms with Crippen LogP contribution in [-0.4, -0.2) is 30.8 Å². The molecule has 1 aromatic carbocycles. The number of carbonyl (C=O) groups excluding carboxylic acids is 1. The van der Waals surface area contributed by atoms with Gasteiger partial charge in [0.25, 0.3) is 5.95 Å². The van der Waals surface area contributed by atoms with Gasteiger partial charge in [0.05, 0.1) is 16.8 Å². The number of hydrogen-bond donors (Lipinski definition) is 2. The lowest BCUT2D eigenvalue weighted by molar-refractivity contribution is 0.248. The molecule has 4 rings (SSSR count). The maximum absolute atomic E-state index is 12.5. The highest BCUT2D eigenvalue weighted by Gasteiger charge is 2.26. The molecule has 0 bridgehead atoms. The molecule has 1 saturated carbocycles. The second-order valence-electron chi connectivity index (χ2n) is 6.86. The lowest BCUT2D eigenvalue weighted by atomic mass is 10.0. The number of carbonyl (C=O) groups is 1. The van der Waals surface area contributed by atoms with Crippen molar-refractivity contribution in [2.75, 3.05) is 5.32 Å². The first kappa shape index (κ1) is 18.4. The molecule has 0 spiro atoms. The van der Waals surface area contributed by atoms with Gasteiger partial charge in [0.1, 0.15) is 6.33 Å². The maximum atomic E-state index is 12.5. The molecule has 1 atom stereocenters. The van der Waals surface area contributed by atoms with Crippen molar-refractivity contribution in [1.82, 2.24) is 30.0 Å². The largest absolute Gasteiger partial charge is 0.328 e. The van der Waals surface area contributed by atoms with E-state index in [-0.39, 0.29) is 6.03 Å². The van der Waals surface area contributed by atoms with Crippen LogP contribution in [0, 0.1) is 6.92 Å². The van der Waals surface area contributed by atoms with Gasteiger partial charge in [-0.2, -0.15) is 9.78 Å². The van der Waals surface area contributed by atoms with E-state index in [4.69, 9.17) is 11.6 Å². The van der Waals surface area contributed by atoms with Crippen LogP contribution in [0.25, 0.3) is 5.95 Å². The lowest BCUT2D eigenvalue weighted by Crippen LogP contribution is -2.32. The first-order chi connectivity index (χ1) is 13.5. The van der Waals surface area contributed by atoms with Crippen molar-refractivity contribution < 1.29 is 4.79 Å². The highest BCUT2D eigenvalue weighted by Crippen LogP contribution is 2.43. The third kappa shape index (κ3) is 3.82. The molecule has 3 aromatic rings. The van der Waals surface area contributed by atoms with Crippen LogP contribution in [0.5, 0.6) is 0 Å². The molecule has 0 aliphatic heterocycles. The molecule has 28 heavy (non-hydrogen) atoms. The van der Waals surface area contributed by atoms with Gasteiger partial charge in [-0.1, -0.05) is 11.6 Å². The SMILES string of the molecule is Cc1cc(NC(=O)NC(C)c2ncnn2-c2ncccn2)c(Cl)cc1C1CC1. The topological polar surface area (TPSA) is 97.6 Å². The number of benzene rings is 1. The van der Waals surface area contributed by atoms with Gasteiger partial charge in [-0.25, -0.2) is 19.7 Å². The molecule has 144 valence electrons. The van der Waals surface area contributed by atoms with Crippen LogP contribution in [0.2, 0.25) is 5.02 Å². The number of aryl methyl sites for hydroxylation is 1. The molecule has 0 radical (unpaired) electrons. The molecule has 8 nitrogen and oxygen atoms in total. The third-order valence-corrected chi connectivity index (χ3v) is 4.98. The second-order valence-corrected chi connectivity index (χ2v) is 7.27. The third-order valence-electron chi connectivity index (χ3n) is 4.67. The molecule has 2 N–H and O–H groups in total. The van der Waals surface area contributed by atoms with Crippen LogP contribution in [0.15, 0.2) is 36.9 Å². The molecule has 1 fully saturated rings. The summed E-state index contributed by atoms with van der Waals surface area (Å²) in [5.41, 5.74) is 2.98. The predicted molar refractivity (Wildman–Crippen MR) is 106 cm³/mol. The number of urea groups is 1. The molecular weight excluding hydrogens is 378 g/mol. The maximum Gasteiger partial charge on any atom is 0.319 e. The first-order valence-corrected chi connectivity index (χ1v) is 9.45. The summed E-state index contributed by atoms with van der Waals surface area (Å²) in [6, 6.07) is 4.79. The Morgan fingerprint density at radius 2 is 2.00 bits per heavy atom. The predicted octanol–water partition coefficient (Wildman–Crippen LogP) is 3.78. The summed E-state index contributed by atoms with van der Waals surface area (Å²) in [4.78, 5) is 25.0. The number of nitrogens with zero attached hydrogens (tertiary/aromatic N) is 5. The molecule has 1 aliphatic rings. The molecule has 9 heteroatoms. The summed E-state index contributed by atoms with van der Waals surface area (Å²) in [6.45, 7) is 3.85. The van der Waals surface area contributed by atoms with Crippen LogP contribution in [-0.2, 0) is 0 Å². The van der Waals surface area contributed by atoms with E-state index in [1.165, 1.54) is 29.4 Å². The van der Waals surface area contributed by atoms with Gasteiger partial charge in [-0.3, -0.25) is 0 Å². The molecule has 2 aromatic heterocycles. The minimum atomic E-state index is -0.420. The quantitative estimate of drug-likeness (QED) is 0.682. The Morgan fingerprint density at radius 3 is 2.71 bits per heavy atom. The highest BCUT2D eigenvalue weighted by molar-refractivity contribution is 6.33. The Labute approximate surface area is 167 Å². The zero-order valence-corrected chi connectivity index (χ0v) is 16.3. The average molecular weight is 398 g/mol. The van der Waals surface area contributed by atoms with Gasteiger partial charge in [0, 0.05) is 12.4 Å². The summed E-state index contributed by atoms with van der Waals surface area (Å²) in [5, 5.41) is 10.4. The van der Waals surface area contributed by atoms with Gasteiger partial charge in [0.2, 0.25) is 0 Å². The number of rotatable bonds is 5. The monoisotopic (exact) mass is 397 g/mol. The Bertz CT molecular complexity index is 1000. The fourth-order valence-corrected chi connectivity index (χ4v) is 3.37. The summed E-state index contributed by atoms with van der Waals surface area (Å²) in [7, 11) is 0. The first-order valence-electron chi connectivity index (χ1n) is 9.08. The normalized spacial score (nSPS) is 14.5. The smallest absolute Gasteiger partial charge is 0.319 e. The van der Waals surface area contributed by atoms with E-state index in [0.29, 0.717) is 28.4 Å². The zero-order valence-electron chi connectivity index (χ0n) is 15.6. The van der Waals surface area contributed by atoms with E-state index in [2.05, 4.69) is 30.7 Å². The fraction of sp³-hybridized carbons (Fsp3) is 0.316. The number of hydrogen-bond acceptors (Lipinski definition) is 5. The van der Waals surface area contributed by atoms with E-state index in [0.717, 1.165) is 5.56 Å². The minimum absolute atomic E-state index is 0.378. The van der Waals surface area contributed by atoms with Crippen LogP contribution in [0.1, 0.15) is 48.7 Å². The second kappa shape index (κ2) is 7.55. The Kier molecular flexibility index (Phi) is 4.95. The molecule has 2 heterocycles. The van der Waals surface area contributed by atoms with Crippen molar-refractivity contribution in [2.45, 2.75) is 38.6 Å². The van der Waals surface area contributed by atoms with Crippen molar-refractivity contribution >= 4 is 23.3 Å². The summed E-state index contributed by atoms with van der Waals surface area (Å²) < 4.78 is 1.49. The van der Waals surface area contributed by atoms with E-state index in [9.17, 15) is 4.79 Å². The minimum Gasteiger partial charge on any atom is -0.328 e. The van der Waals surface area contributed by atoms with E-state index in [1.807, 2.05) is 26.0 Å². The van der Waals surface area contributed by atoms with Gasteiger partial charge >= 0.3 is 6.03 Å². The van der Waals surface area contributed by atoms with Crippen LogP contribution in [0.3, 0.4) is 0 Å². The van der Waals surface area contributed by atoms with E-state index >= 15 is 0 Å². The average Bonchev–Trinajstić information content (AvgIpc) is 3.40. The van der Waals surface area contributed by atoms with E-state index in [1.54, 1.807) is 18.5 Å². The van der Waals surface area contributed by atoms with Crippen LogP contribution < -0.4 is 10.6 Å². The van der Waals surface area contributed by atoms with Gasteiger partial charge in [-0.05, 0) is 61.9 Å². The van der Waals surface area contributed by atoms with Gasteiger partial charge in [-0.15, -0.1) is 0 Å². The van der Waals surface area contributed by atoms with Crippen LogP contribution >= 0.6 is 11.6 Å². The Morgan fingerprint density at radius 1 is 1.25 bits per heavy atom. The van der Waals surface area contributed by atoms with E-state index < -0.39 is 6.04 Å². The number of anilines is 1. The Hall–Kier alpha value is -3.00. The van der Waals surface area contributed by atoms with Crippen molar-refractivity contribution in [3.05, 3.63) is 58.9 Å². The summed E-state index contributed by atoms with van der Waals surface area (Å²) in [5.74, 6) is 1.51. The number of nitrogens with one attached hydrogen (secondary N) is 2. The Balaban J connectivity index is 1.46. The van der Waals surface area contributed by atoms with Crippen LogP contribution in [0.4, 0.5) is 10.5 Å². The van der Waals surface area contributed by atoms with Crippen molar-refractivity contribution in [3.63, 3.8) is 0 Å². The fourth-order valence-electron chi connectivity index (χ4n) is 3.15. The lowest BCUT2D eigenvalue weighted by Gasteiger charge is -2.16. The molecule has 2 amide bonds. The molecule has 0 saturated heterocycles. The highest BCUT2D eigenvalue weighted by atomic mass is 35.5. The van der Waals surface area contributed by atoms with Gasteiger partial charge < -0.3 is 10.6 Å². The molecule has 1 unspecified atom stereocenters. The van der Waals surface area contributed by atoms with Crippen molar-refractivity contribution in [2.24, 2.45) is 0 Å². The summed E-state index contributed by atoms with van der Waals surface area (Å²) in [6.07, 6.45) is 7.04. The number of halogens is 1. The number of aromatic nitrogens is 5. The van der Waals surface area contributed by atoms with Crippen molar-refractivity contribution in [3.8, 4) is 5.95 Å². The molecule has 1 aliphatic carbocycles. The van der Waals surface area contributed by atoms with Crippen molar-refractivity contribution in [1.29, 1.82) is 0 Å². The summed E-state index contributed by atoms with van der Waals surface area (Å²) >= 11 is 6.37. The number of amides is 2. The van der Waals surface area contributed by atoms with Gasteiger partial charge in [0.15, 0.2) is 5.82 Å². The zero-order chi connectivity index (χ0) is 19.7. The standard InChI is InChI=1S/C19H20ClN7O/c1-11-8-16(15(20)9-14(11)13-4-5-13)26-19(28)25-12(2)17-23-10-24-27(17)18-21-6-3-7-22-18/h3,6-10,12-13H,4-5H2,1-2H3,(H2,25,26,28).